The van der Waals surface area contributed by atoms with E-state index in [-0.39, 0.29) is 11.2 Å². The zero-order valence-corrected chi connectivity index (χ0v) is 10.2. The van der Waals surface area contributed by atoms with Gasteiger partial charge >= 0.3 is 0 Å². The highest BCUT2D eigenvalue weighted by atomic mass is 19.1. The zero-order valence-electron chi connectivity index (χ0n) is 10.2. The third kappa shape index (κ3) is 2.75. The Morgan fingerprint density at radius 1 is 1.31 bits per heavy atom. The first kappa shape index (κ1) is 11.4. The van der Waals surface area contributed by atoms with Crippen LogP contribution in [0.1, 0.15) is 39.2 Å². The molecule has 0 radical (unpaired) electrons. The van der Waals surface area contributed by atoms with Gasteiger partial charge in [-0.15, -0.1) is 0 Å². The average Bonchev–Trinajstić information content (AvgIpc) is 2.96. The zero-order chi connectivity index (χ0) is 11.8. The van der Waals surface area contributed by atoms with E-state index < -0.39 is 0 Å². The second-order valence-electron chi connectivity index (χ2n) is 5.64. The molecule has 1 saturated carbocycles. The first-order chi connectivity index (χ1) is 7.47. The van der Waals surface area contributed by atoms with Crippen LogP contribution in [-0.2, 0) is 5.41 Å². The Labute approximate surface area is 96.6 Å². The Kier molecular flexibility index (Phi) is 2.92. The van der Waals surface area contributed by atoms with Crippen LogP contribution in [0, 0.1) is 11.7 Å². The van der Waals surface area contributed by atoms with Gasteiger partial charge in [0.25, 0.3) is 0 Å². The summed E-state index contributed by atoms with van der Waals surface area (Å²) in [6.45, 7) is 7.07. The van der Waals surface area contributed by atoms with Crippen LogP contribution in [0.3, 0.4) is 0 Å². The number of hydrogen-bond donors (Lipinski definition) is 0. The van der Waals surface area contributed by atoms with Gasteiger partial charge in [-0.1, -0.05) is 26.8 Å². The topological polar surface area (TPSA) is 9.23 Å². The molecule has 2 rings (SSSR count). The molecule has 0 saturated heterocycles. The van der Waals surface area contributed by atoms with Crippen molar-refractivity contribution in [1.82, 2.24) is 0 Å². The third-order valence-electron chi connectivity index (χ3n) is 2.92. The van der Waals surface area contributed by atoms with Gasteiger partial charge in [0.2, 0.25) is 0 Å². The first-order valence-corrected chi connectivity index (χ1v) is 5.89. The van der Waals surface area contributed by atoms with E-state index in [1.807, 2.05) is 6.07 Å². The van der Waals surface area contributed by atoms with Crippen molar-refractivity contribution in [1.29, 1.82) is 0 Å². The predicted molar refractivity (Wildman–Crippen MR) is 63.3 cm³/mol. The van der Waals surface area contributed by atoms with E-state index in [9.17, 15) is 4.39 Å². The SMILES string of the molecule is CC(C)(C)c1ccc(F)cc1OCC1CC1. The van der Waals surface area contributed by atoms with Gasteiger partial charge in [-0.25, -0.2) is 4.39 Å². The third-order valence-corrected chi connectivity index (χ3v) is 2.92. The van der Waals surface area contributed by atoms with Crippen molar-refractivity contribution >= 4 is 0 Å². The fourth-order valence-electron chi connectivity index (χ4n) is 1.73. The molecule has 16 heavy (non-hydrogen) atoms. The molecule has 0 N–H and O–H groups in total. The Hall–Kier alpha value is -1.05. The van der Waals surface area contributed by atoms with E-state index in [2.05, 4.69) is 20.8 Å². The van der Waals surface area contributed by atoms with Crippen molar-refractivity contribution in [2.45, 2.75) is 39.0 Å². The smallest absolute Gasteiger partial charge is 0.126 e. The summed E-state index contributed by atoms with van der Waals surface area (Å²) >= 11 is 0. The number of rotatable bonds is 3. The van der Waals surface area contributed by atoms with Gasteiger partial charge in [-0.05, 0) is 35.8 Å². The van der Waals surface area contributed by atoms with Crippen molar-refractivity contribution in [3.8, 4) is 5.75 Å². The van der Waals surface area contributed by atoms with Gasteiger partial charge in [0, 0.05) is 6.07 Å². The Balaban J connectivity index is 2.20. The molecule has 1 aliphatic rings. The van der Waals surface area contributed by atoms with E-state index >= 15 is 0 Å². The molecular weight excluding hydrogens is 203 g/mol. The van der Waals surface area contributed by atoms with Crippen molar-refractivity contribution in [3.63, 3.8) is 0 Å². The minimum absolute atomic E-state index is 0.00736. The van der Waals surface area contributed by atoms with Crippen LogP contribution in [0.5, 0.6) is 5.75 Å². The minimum atomic E-state index is -0.223. The molecule has 0 spiro atoms. The maximum Gasteiger partial charge on any atom is 0.126 e. The Morgan fingerprint density at radius 2 is 2.00 bits per heavy atom. The van der Waals surface area contributed by atoms with E-state index in [0.29, 0.717) is 11.7 Å². The lowest BCUT2D eigenvalue weighted by Crippen LogP contribution is -2.14. The molecular formula is C14H19FO. The lowest BCUT2D eigenvalue weighted by Gasteiger charge is -2.22. The summed E-state index contributed by atoms with van der Waals surface area (Å²) in [5.74, 6) is 1.18. The second kappa shape index (κ2) is 4.08. The minimum Gasteiger partial charge on any atom is -0.493 e. The largest absolute Gasteiger partial charge is 0.493 e. The quantitative estimate of drug-likeness (QED) is 0.753. The summed E-state index contributed by atoms with van der Waals surface area (Å²) in [6, 6.07) is 4.84. The second-order valence-corrected chi connectivity index (χ2v) is 5.64. The monoisotopic (exact) mass is 222 g/mol. The van der Waals surface area contributed by atoms with Crippen molar-refractivity contribution in [2.75, 3.05) is 6.61 Å². The van der Waals surface area contributed by atoms with Gasteiger partial charge in [-0.2, -0.15) is 0 Å². The molecule has 0 unspecified atom stereocenters. The number of benzene rings is 1. The van der Waals surface area contributed by atoms with Crippen LogP contribution in [0.25, 0.3) is 0 Å². The summed E-state index contributed by atoms with van der Waals surface area (Å²) in [6.07, 6.45) is 2.50. The van der Waals surface area contributed by atoms with Crippen molar-refractivity contribution in [2.24, 2.45) is 5.92 Å². The maximum atomic E-state index is 13.2. The summed E-state index contributed by atoms with van der Waals surface area (Å²) in [4.78, 5) is 0. The number of ether oxygens (including phenoxy) is 1. The molecule has 0 heterocycles. The number of hydrogen-bond acceptors (Lipinski definition) is 1. The van der Waals surface area contributed by atoms with Gasteiger partial charge in [0.15, 0.2) is 0 Å². The highest BCUT2D eigenvalue weighted by molar-refractivity contribution is 5.38. The lowest BCUT2D eigenvalue weighted by molar-refractivity contribution is 0.290. The molecule has 0 aromatic heterocycles. The fraction of sp³-hybridized carbons (Fsp3) is 0.571. The van der Waals surface area contributed by atoms with Crippen LogP contribution in [0.4, 0.5) is 4.39 Å². The van der Waals surface area contributed by atoms with Crippen LogP contribution in [-0.4, -0.2) is 6.61 Å². The van der Waals surface area contributed by atoms with Crippen LogP contribution in [0.2, 0.25) is 0 Å². The van der Waals surface area contributed by atoms with Gasteiger partial charge < -0.3 is 4.74 Å². The molecule has 88 valence electrons. The van der Waals surface area contributed by atoms with Crippen LogP contribution < -0.4 is 4.74 Å². The molecule has 0 amide bonds. The standard InChI is InChI=1S/C14H19FO/c1-14(2,3)12-7-6-11(15)8-13(12)16-9-10-4-5-10/h6-8,10H,4-5,9H2,1-3H3. The maximum absolute atomic E-state index is 13.2. The lowest BCUT2D eigenvalue weighted by atomic mass is 9.86. The van der Waals surface area contributed by atoms with Crippen molar-refractivity contribution < 1.29 is 9.13 Å². The van der Waals surface area contributed by atoms with Gasteiger partial charge in [0.05, 0.1) is 6.61 Å². The fourth-order valence-corrected chi connectivity index (χ4v) is 1.73. The van der Waals surface area contributed by atoms with E-state index in [1.54, 1.807) is 0 Å². The predicted octanol–water partition coefficient (Wildman–Crippen LogP) is 3.91. The molecule has 1 fully saturated rings. The summed E-state index contributed by atoms with van der Waals surface area (Å²) in [7, 11) is 0. The average molecular weight is 222 g/mol. The molecule has 1 nitrogen and oxygen atoms in total. The summed E-state index contributed by atoms with van der Waals surface area (Å²) in [5, 5.41) is 0. The van der Waals surface area contributed by atoms with Gasteiger partial charge in [0.1, 0.15) is 11.6 Å². The molecule has 1 aliphatic carbocycles. The highest BCUT2D eigenvalue weighted by Gasteiger charge is 2.24. The molecule has 2 heteroatoms. The highest BCUT2D eigenvalue weighted by Crippen LogP contribution is 2.34. The van der Waals surface area contributed by atoms with Gasteiger partial charge in [-0.3, -0.25) is 0 Å². The van der Waals surface area contributed by atoms with E-state index in [4.69, 9.17) is 4.74 Å². The Morgan fingerprint density at radius 3 is 2.56 bits per heavy atom. The van der Waals surface area contributed by atoms with Crippen LogP contribution in [0.15, 0.2) is 18.2 Å². The first-order valence-electron chi connectivity index (χ1n) is 5.89. The Bertz CT molecular complexity index is 375. The normalized spacial score (nSPS) is 16.2. The van der Waals surface area contributed by atoms with Crippen molar-refractivity contribution in [3.05, 3.63) is 29.6 Å². The number of halogens is 1. The molecule has 0 aliphatic heterocycles. The molecule has 0 bridgehead atoms. The molecule has 1 aromatic carbocycles. The van der Waals surface area contributed by atoms with Crippen LogP contribution >= 0.6 is 0 Å². The molecule has 1 aromatic rings. The molecule has 0 atom stereocenters. The summed E-state index contributed by atoms with van der Waals surface area (Å²) in [5.41, 5.74) is 1.07. The van der Waals surface area contributed by atoms with E-state index in [0.717, 1.165) is 12.2 Å². The summed E-state index contributed by atoms with van der Waals surface area (Å²) < 4.78 is 18.9. The van der Waals surface area contributed by atoms with E-state index in [1.165, 1.54) is 25.0 Å².